The van der Waals surface area contributed by atoms with E-state index in [4.69, 9.17) is 14.5 Å². The molecule has 2 saturated heterocycles. The second-order valence-electron chi connectivity index (χ2n) is 12.5. The molecule has 5 rings (SSSR count). The van der Waals surface area contributed by atoms with Gasteiger partial charge in [-0.05, 0) is 62.9 Å². The lowest BCUT2D eigenvalue weighted by atomic mass is 9.98. The van der Waals surface area contributed by atoms with Crippen molar-refractivity contribution in [3.8, 4) is 0 Å². The van der Waals surface area contributed by atoms with Crippen molar-refractivity contribution in [1.29, 1.82) is 0 Å². The molecular weight excluding hydrogens is 576 g/mol. The molecule has 3 aliphatic rings. The molecule has 45 heavy (non-hydrogen) atoms. The van der Waals surface area contributed by atoms with Crippen LogP contribution in [0.1, 0.15) is 64.8 Å². The average molecular weight is 621 g/mol. The largest absolute Gasteiger partial charge is 0.450 e. The maximum atomic E-state index is 14.0. The third-order valence-electron chi connectivity index (χ3n) is 8.70. The van der Waals surface area contributed by atoms with Crippen LogP contribution in [-0.4, -0.2) is 95.2 Å². The van der Waals surface area contributed by atoms with Crippen LogP contribution in [0.5, 0.6) is 0 Å². The number of esters is 1. The average Bonchev–Trinajstić information content (AvgIpc) is 3.04. The number of hydrogen-bond donors (Lipinski definition) is 3. The molecule has 1 spiro atoms. The van der Waals surface area contributed by atoms with Crippen LogP contribution in [0.15, 0.2) is 36.4 Å². The lowest BCUT2D eigenvalue weighted by molar-refractivity contribution is -0.184. The highest BCUT2D eigenvalue weighted by atomic mass is 16.6. The number of nitrogens with zero attached hydrogens (tertiary/aromatic N) is 3. The summed E-state index contributed by atoms with van der Waals surface area (Å²) in [5, 5.41) is 8.07. The molecule has 3 amide bonds. The Hall–Kier alpha value is -3.87. The molecule has 2 aromatic rings. The topological polar surface area (TPSA) is 142 Å². The molecule has 1 aromatic carbocycles. The van der Waals surface area contributed by atoms with Crippen LogP contribution in [0.3, 0.4) is 0 Å². The van der Waals surface area contributed by atoms with E-state index in [0.717, 1.165) is 16.5 Å². The van der Waals surface area contributed by atoms with Crippen LogP contribution in [0, 0.1) is 5.92 Å². The number of ether oxygens (including phenoxy) is 2. The molecular formula is C33H44N6O6. The van der Waals surface area contributed by atoms with E-state index in [1.54, 1.807) is 26.8 Å². The van der Waals surface area contributed by atoms with Gasteiger partial charge in [0.2, 0.25) is 5.91 Å². The summed E-state index contributed by atoms with van der Waals surface area (Å²) in [6.07, 6.45) is 3.51. The first-order valence-electron chi connectivity index (χ1n) is 15.9. The summed E-state index contributed by atoms with van der Waals surface area (Å²) >= 11 is 0. The minimum absolute atomic E-state index is 0.244. The van der Waals surface area contributed by atoms with Crippen LogP contribution in [0.25, 0.3) is 17.0 Å². The Morgan fingerprint density at radius 3 is 2.53 bits per heavy atom. The highest BCUT2D eigenvalue weighted by Crippen LogP contribution is 2.26. The van der Waals surface area contributed by atoms with Gasteiger partial charge in [-0.3, -0.25) is 29.3 Å². The van der Waals surface area contributed by atoms with Gasteiger partial charge in [-0.25, -0.2) is 10.2 Å². The summed E-state index contributed by atoms with van der Waals surface area (Å²) in [7, 11) is 0. The highest BCUT2D eigenvalue weighted by molar-refractivity contribution is 5.92. The van der Waals surface area contributed by atoms with E-state index >= 15 is 0 Å². The molecule has 1 unspecified atom stereocenters. The van der Waals surface area contributed by atoms with Crippen LogP contribution < -0.4 is 16.1 Å². The molecule has 1 aromatic heterocycles. The van der Waals surface area contributed by atoms with E-state index in [1.807, 2.05) is 50.3 Å². The zero-order valence-electron chi connectivity index (χ0n) is 26.7. The summed E-state index contributed by atoms with van der Waals surface area (Å²) in [5.41, 5.74) is 3.82. The fourth-order valence-electron chi connectivity index (χ4n) is 5.92. The number of morpholine rings is 1. The van der Waals surface area contributed by atoms with Crippen molar-refractivity contribution in [2.24, 2.45) is 5.92 Å². The Balaban J connectivity index is 1.55. The zero-order chi connectivity index (χ0) is 32.3. The summed E-state index contributed by atoms with van der Waals surface area (Å²) in [6, 6.07) is 7.71. The van der Waals surface area contributed by atoms with Crippen molar-refractivity contribution in [2.75, 3.05) is 32.8 Å². The number of fused-ring (bicyclic) bond motifs is 4. The van der Waals surface area contributed by atoms with Crippen LogP contribution in [0.2, 0.25) is 0 Å². The van der Waals surface area contributed by atoms with E-state index < -0.39 is 41.6 Å². The van der Waals surface area contributed by atoms with Gasteiger partial charge < -0.3 is 20.1 Å². The van der Waals surface area contributed by atoms with E-state index in [1.165, 1.54) is 5.01 Å². The van der Waals surface area contributed by atoms with E-state index in [2.05, 4.69) is 21.0 Å². The number of aromatic nitrogens is 1. The summed E-state index contributed by atoms with van der Waals surface area (Å²) in [5.74, 6) is -2.27. The number of cyclic esters (lactones) is 1. The molecule has 0 radical (unpaired) electrons. The van der Waals surface area contributed by atoms with Crippen molar-refractivity contribution < 1.29 is 28.7 Å². The van der Waals surface area contributed by atoms with E-state index in [0.29, 0.717) is 44.8 Å². The lowest BCUT2D eigenvalue weighted by Gasteiger charge is -2.39. The molecule has 5 bridgehead atoms. The lowest BCUT2D eigenvalue weighted by Crippen LogP contribution is -2.61. The number of hydrazine groups is 1. The fourth-order valence-corrected chi connectivity index (χ4v) is 5.92. The Morgan fingerprint density at radius 1 is 1.02 bits per heavy atom. The predicted molar refractivity (Wildman–Crippen MR) is 168 cm³/mol. The zero-order valence-corrected chi connectivity index (χ0v) is 26.7. The van der Waals surface area contributed by atoms with Crippen LogP contribution in [-0.2, 0) is 28.7 Å². The Labute approximate surface area is 263 Å². The van der Waals surface area contributed by atoms with Gasteiger partial charge in [0.05, 0.1) is 23.9 Å². The molecule has 4 heterocycles. The molecule has 2 fully saturated rings. The Morgan fingerprint density at radius 2 is 1.78 bits per heavy atom. The number of pyridine rings is 1. The van der Waals surface area contributed by atoms with Crippen molar-refractivity contribution in [2.45, 2.75) is 77.3 Å². The number of carbonyl (C=O) groups excluding carboxylic acids is 4. The third-order valence-corrected chi connectivity index (χ3v) is 8.70. The van der Waals surface area contributed by atoms with Gasteiger partial charge in [0.15, 0.2) is 11.7 Å². The van der Waals surface area contributed by atoms with Gasteiger partial charge in [-0.1, -0.05) is 45.0 Å². The van der Waals surface area contributed by atoms with Gasteiger partial charge >= 0.3 is 5.97 Å². The third kappa shape index (κ3) is 7.18. The van der Waals surface area contributed by atoms with Crippen LogP contribution in [0.4, 0.5) is 0 Å². The van der Waals surface area contributed by atoms with Crippen molar-refractivity contribution >= 4 is 40.7 Å². The monoisotopic (exact) mass is 620 g/mol. The summed E-state index contributed by atoms with van der Waals surface area (Å²) in [4.78, 5) is 61.0. The standard InChI is InChI=1S/C33H44N6O6/c1-6-38-16-17-44-33(19-38)14-13-23-9-10-24-11-12-25(36-27(24)18-23)21(4)34-29(40)26-8-7-15-39(37-26)31(42)22(5)35-30(41)28(20(2)3)45-32(33)43/h9-14,18,20-22,26,28,37H,6-8,15-17,19H2,1-5H3,(H,34,40)(H,35,41)/t21-,22+,26+,28+,33?/m1/s1. The Bertz CT molecular complexity index is 1480. The van der Waals surface area contributed by atoms with Crippen molar-refractivity contribution in [3.63, 3.8) is 0 Å². The second kappa shape index (κ2) is 13.6. The second-order valence-corrected chi connectivity index (χ2v) is 12.5. The number of hydrogen-bond acceptors (Lipinski definition) is 9. The number of likely N-dealkylation sites (N-methyl/N-ethyl adjacent to an activating group) is 1. The predicted octanol–water partition coefficient (Wildman–Crippen LogP) is 2.10. The summed E-state index contributed by atoms with van der Waals surface area (Å²) in [6.45, 7) is 11.3. The molecule has 12 heteroatoms. The minimum Gasteiger partial charge on any atom is -0.450 e. The first kappa shape index (κ1) is 32.5. The van der Waals surface area contributed by atoms with E-state index in [-0.39, 0.29) is 24.4 Å². The normalized spacial score (nSPS) is 29.2. The highest BCUT2D eigenvalue weighted by Gasteiger charge is 2.45. The maximum absolute atomic E-state index is 14.0. The Kier molecular flexibility index (Phi) is 9.85. The minimum atomic E-state index is -1.45. The molecule has 0 aliphatic carbocycles. The molecule has 0 saturated carbocycles. The SMILES string of the molecule is CCN1CCOC2(C=Cc3ccc4ccc(nc4c3)[C@@H](C)NC(=O)[C@@H]3CCCN(N3)C(=O)[C@H](C)NC(=O)[C@H](C(C)C)OC2=O)C1. The number of carbonyl (C=O) groups is 4. The number of nitrogens with one attached hydrogen (secondary N) is 3. The maximum Gasteiger partial charge on any atom is 0.344 e. The quantitative estimate of drug-likeness (QED) is 0.431. The van der Waals surface area contributed by atoms with Gasteiger partial charge in [0.25, 0.3) is 11.8 Å². The summed E-state index contributed by atoms with van der Waals surface area (Å²) < 4.78 is 12.1. The van der Waals surface area contributed by atoms with Gasteiger partial charge in [-0.2, -0.15) is 0 Å². The van der Waals surface area contributed by atoms with Gasteiger partial charge in [0.1, 0.15) is 12.1 Å². The van der Waals surface area contributed by atoms with E-state index in [9.17, 15) is 19.2 Å². The fraction of sp³-hybridized carbons (Fsp3) is 0.545. The molecule has 12 nitrogen and oxygen atoms in total. The van der Waals surface area contributed by atoms with Gasteiger partial charge in [-0.15, -0.1) is 0 Å². The number of benzene rings is 1. The molecule has 242 valence electrons. The first-order valence-corrected chi connectivity index (χ1v) is 15.9. The van der Waals surface area contributed by atoms with Crippen LogP contribution >= 0.6 is 0 Å². The van der Waals surface area contributed by atoms with Gasteiger partial charge in [0, 0.05) is 25.0 Å². The smallest absolute Gasteiger partial charge is 0.344 e. The number of rotatable bonds is 2. The number of amides is 3. The van der Waals surface area contributed by atoms with Crippen molar-refractivity contribution in [3.05, 3.63) is 47.7 Å². The van der Waals surface area contributed by atoms with Crippen molar-refractivity contribution in [1.82, 2.24) is 31.0 Å². The first-order chi connectivity index (χ1) is 21.5. The molecule has 3 N–H and O–H groups in total. The molecule has 3 aliphatic heterocycles. The molecule has 5 atom stereocenters.